The molecule has 1 saturated heterocycles. The highest BCUT2D eigenvalue weighted by atomic mass is 32.2. The molecule has 1 aromatic rings. The predicted octanol–water partition coefficient (Wildman–Crippen LogP) is 2.59. The predicted molar refractivity (Wildman–Crippen MR) is 56.1 cm³/mol. The minimum atomic E-state index is 0.803. The zero-order valence-corrected chi connectivity index (χ0v) is 8.59. The second-order valence-electron chi connectivity index (χ2n) is 3.02. The topological polar surface area (TPSA) is 12.0 Å². The number of nitrogens with one attached hydrogen (secondary N) is 1. The lowest BCUT2D eigenvalue weighted by Crippen LogP contribution is -2.31. The van der Waals surface area contributed by atoms with Gasteiger partial charge in [0.05, 0.1) is 4.21 Å². The molecule has 0 aliphatic carbocycles. The summed E-state index contributed by atoms with van der Waals surface area (Å²) >= 11 is 3.88. The van der Waals surface area contributed by atoms with Crippen molar-refractivity contribution < 1.29 is 0 Å². The van der Waals surface area contributed by atoms with Crippen LogP contribution in [-0.2, 0) is 0 Å². The van der Waals surface area contributed by atoms with E-state index in [0.29, 0.717) is 0 Å². The lowest BCUT2D eigenvalue weighted by atomic mass is 10.2. The second-order valence-corrected chi connectivity index (χ2v) is 5.57. The zero-order valence-electron chi connectivity index (χ0n) is 6.95. The lowest BCUT2D eigenvalue weighted by molar-refractivity contribution is 0.531. The first-order chi connectivity index (χ1) is 5.95. The highest BCUT2D eigenvalue weighted by molar-refractivity contribution is 8.01. The van der Waals surface area contributed by atoms with Gasteiger partial charge in [-0.25, -0.2) is 0 Å². The van der Waals surface area contributed by atoms with E-state index in [1.165, 1.54) is 30.1 Å². The van der Waals surface area contributed by atoms with E-state index in [9.17, 15) is 0 Å². The Labute approximate surface area is 81.6 Å². The Morgan fingerprint density at radius 1 is 1.58 bits per heavy atom. The summed E-state index contributed by atoms with van der Waals surface area (Å²) in [4.78, 5) is 0. The van der Waals surface area contributed by atoms with Gasteiger partial charge in [0.2, 0.25) is 0 Å². The average molecular weight is 199 g/mol. The van der Waals surface area contributed by atoms with Crippen LogP contribution in [0.25, 0.3) is 0 Å². The van der Waals surface area contributed by atoms with Crippen LogP contribution < -0.4 is 5.32 Å². The SMILES string of the molecule is c1csc(SC2CCCNC2)c1. The van der Waals surface area contributed by atoms with Crippen molar-refractivity contribution in [2.75, 3.05) is 13.1 Å². The van der Waals surface area contributed by atoms with Gasteiger partial charge in [-0.2, -0.15) is 0 Å². The molecule has 1 aliphatic rings. The van der Waals surface area contributed by atoms with E-state index >= 15 is 0 Å². The molecule has 66 valence electrons. The van der Waals surface area contributed by atoms with Gasteiger partial charge in [-0.1, -0.05) is 6.07 Å². The normalized spacial score (nSPS) is 24.2. The van der Waals surface area contributed by atoms with Crippen LogP contribution in [0.15, 0.2) is 21.7 Å². The quantitative estimate of drug-likeness (QED) is 0.785. The van der Waals surface area contributed by atoms with Crippen LogP contribution in [0.3, 0.4) is 0 Å². The van der Waals surface area contributed by atoms with E-state index in [0.717, 1.165) is 5.25 Å². The molecule has 2 heterocycles. The summed E-state index contributed by atoms with van der Waals surface area (Å²) in [5.74, 6) is 0. The van der Waals surface area contributed by atoms with Gasteiger partial charge in [0, 0.05) is 11.8 Å². The first-order valence-electron chi connectivity index (χ1n) is 4.36. The summed E-state index contributed by atoms with van der Waals surface area (Å²) in [6.45, 7) is 2.39. The Hall–Kier alpha value is 0.01000. The molecule has 0 spiro atoms. The minimum Gasteiger partial charge on any atom is -0.316 e. The standard InChI is InChI=1S/C9H13NS2/c1-3-8(7-10-5-1)12-9-4-2-6-11-9/h2,4,6,8,10H,1,3,5,7H2. The van der Waals surface area contributed by atoms with Crippen molar-refractivity contribution in [3.8, 4) is 0 Å². The second kappa shape index (κ2) is 4.30. The molecule has 1 aliphatic heterocycles. The van der Waals surface area contributed by atoms with Crippen molar-refractivity contribution in [2.45, 2.75) is 22.3 Å². The van der Waals surface area contributed by atoms with Gasteiger partial charge in [0.25, 0.3) is 0 Å². The summed E-state index contributed by atoms with van der Waals surface area (Å²) in [6.07, 6.45) is 2.71. The van der Waals surface area contributed by atoms with Gasteiger partial charge in [-0.05, 0) is 30.8 Å². The van der Waals surface area contributed by atoms with E-state index < -0.39 is 0 Å². The maximum absolute atomic E-state index is 3.43. The molecule has 0 radical (unpaired) electrons. The van der Waals surface area contributed by atoms with Gasteiger partial charge >= 0.3 is 0 Å². The van der Waals surface area contributed by atoms with Gasteiger partial charge in [0.1, 0.15) is 0 Å². The van der Waals surface area contributed by atoms with Crippen molar-refractivity contribution in [1.82, 2.24) is 5.32 Å². The average Bonchev–Trinajstić information content (AvgIpc) is 2.59. The maximum atomic E-state index is 3.43. The molecular formula is C9H13NS2. The van der Waals surface area contributed by atoms with E-state index in [-0.39, 0.29) is 0 Å². The Morgan fingerprint density at radius 2 is 2.58 bits per heavy atom. The summed E-state index contributed by atoms with van der Waals surface area (Å²) in [5, 5.41) is 6.39. The van der Waals surface area contributed by atoms with Crippen LogP contribution in [0.1, 0.15) is 12.8 Å². The number of thioether (sulfide) groups is 1. The number of rotatable bonds is 2. The number of hydrogen-bond acceptors (Lipinski definition) is 3. The van der Waals surface area contributed by atoms with Gasteiger partial charge in [-0.15, -0.1) is 23.1 Å². The monoisotopic (exact) mass is 199 g/mol. The van der Waals surface area contributed by atoms with Crippen molar-refractivity contribution in [3.63, 3.8) is 0 Å². The first-order valence-corrected chi connectivity index (χ1v) is 6.12. The molecular weight excluding hydrogens is 186 g/mol. The third-order valence-corrected chi connectivity index (χ3v) is 4.37. The minimum absolute atomic E-state index is 0.803. The van der Waals surface area contributed by atoms with Crippen LogP contribution in [0.5, 0.6) is 0 Å². The van der Waals surface area contributed by atoms with Crippen LogP contribution in [0, 0.1) is 0 Å². The van der Waals surface area contributed by atoms with Crippen molar-refractivity contribution in [3.05, 3.63) is 17.5 Å². The summed E-state index contributed by atoms with van der Waals surface area (Å²) in [5.41, 5.74) is 0. The van der Waals surface area contributed by atoms with Crippen molar-refractivity contribution in [2.24, 2.45) is 0 Å². The van der Waals surface area contributed by atoms with E-state index in [4.69, 9.17) is 0 Å². The molecule has 1 nitrogen and oxygen atoms in total. The highest BCUT2D eigenvalue weighted by Gasteiger charge is 2.13. The number of piperidine rings is 1. The van der Waals surface area contributed by atoms with Crippen LogP contribution in [0.2, 0.25) is 0 Å². The summed E-state index contributed by atoms with van der Waals surface area (Å²) in [7, 11) is 0. The van der Waals surface area contributed by atoms with Crippen molar-refractivity contribution in [1.29, 1.82) is 0 Å². The Kier molecular flexibility index (Phi) is 3.08. The van der Waals surface area contributed by atoms with Gasteiger partial charge < -0.3 is 5.32 Å². The molecule has 2 rings (SSSR count). The summed E-state index contributed by atoms with van der Waals surface area (Å²) in [6, 6.07) is 4.34. The third kappa shape index (κ3) is 2.25. The molecule has 0 amide bonds. The van der Waals surface area contributed by atoms with Gasteiger partial charge in [-0.3, -0.25) is 0 Å². The van der Waals surface area contributed by atoms with Crippen molar-refractivity contribution >= 4 is 23.1 Å². The molecule has 0 aromatic carbocycles. The third-order valence-electron chi connectivity index (χ3n) is 2.03. The fraction of sp³-hybridized carbons (Fsp3) is 0.556. The van der Waals surface area contributed by atoms with E-state index in [1.54, 1.807) is 0 Å². The van der Waals surface area contributed by atoms with Gasteiger partial charge in [0.15, 0.2) is 0 Å². The zero-order chi connectivity index (χ0) is 8.23. The fourth-order valence-electron chi connectivity index (χ4n) is 1.42. The molecule has 3 heteroatoms. The molecule has 1 aromatic heterocycles. The Bertz CT molecular complexity index is 214. The highest BCUT2D eigenvalue weighted by Crippen LogP contribution is 2.30. The van der Waals surface area contributed by atoms with E-state index in [2.05, 4.69) is 22.8 Å². The van der Waals surface area contributed by atoms with Crippen LogP contribution >= 0.6 is 23.1 Å². The Morgan fingerprint density at radius 3 is 3.25 bits per heavy atom. The molecule has 1 N–H and O–H groups in total. The van der Waals surface area contributed by atoms with Crippen LogP contribution in [0.4, 0.5) is 0 Å². The molecule has 0 bridgehead atoms. The molecule has 1 unspecified atom stereocenters. The Balaban J connectivity index is 1.86. The largest absolute Gasteiger partial charge is 0.316 e. The smallest absolute Gasteiger partial charge is 0.0601 e. The van der Waals surface area contributed by atoms with E-state index in [1.807, 2.05) is 23.1 Å². The fourth-order valence-corrected chi connectivity index (χ4v) is 3.63. The molecule has 1 fully saturated rings. The number of thiophene rings is 1. The lowest BCUT2D eigenvalue weighted by Gasteiger charge is -2.21. The molecule has 12 heavy (non-hydrogen) atoms. The molecule has 1 atom stereocenters. The first kappa shape index (κ1) is 8.60. The maximum Gasteiger partial charge on any atom is 0.0601 e. The number of hydrogen-bond donors (Lipinski definition) is 1. The summed E-state index contributed by atoms with van der Waals surface area (Å²) < 4.78 is 1.46. The van der Waals surface area contributed by atoms with Crippen LogP contribution in [-0.4, -0.2) is 18.3 Å². The molecule has 0 saturated carbocycles.